The fourth-order valence-electron chi connectivity index (χ4n) is 8.77. The van der Waals surface area contributed by atoms with Crippen molar-refractivity contribution in [1.82, 2.24) is 4.57 Å². The number of hydrogen-bond donors (Lipinski definition) is 0. The Bertz CT molecular complexity index is 2840. The Morgan fingerprint density at radius 1 is 0.365 bits per heavy atom. The van der Waals surface area contributed by atoms with E-state index in [1.165, 1.54) is 91.6 Å². The molecule has 3 heteroatoms. The van der Waals surface area contributed by atoms with E-state index in [1.807, 2.05) is 23.5 Å². The van der Waals surface area contributed by atoms with Crippen molar-refractivity contribution in [3.63, 3.8) is 0 Å². The van der Waals surface area contributed by atoms with Crippen molar-refractivity contribution >= 4 is 45.3 Å². The van der Waals surface area contributed by atoms with E-state index in [-0.39, 0.29) is 0 Å². The zero-order valence-electron chi connectivity index (χ0n) is 28.2. The molecule has 1 spiro atoms. The van der Waals surface area contributed by atoms with E-state index in [4.69, 9.17) is 0 Å². The number of benzene rings is 8. The molecule has 1 atom stereocenters. The lowest BCUT2D eigenvalue weighted by molar-refractivity contribution is 0.669. The maximum Gasteiger partial charge on any atom is 0.0751 e. The van der Waals surface area contributed by atoms with Crippen molar-refractivity contribution in [2.24, 2.45) is 0 Å². The van der Waals surface area contributed by atoms with Gasteiger partial charge in [-0.05, 0) is 93.0 Å². The second kappa shape index (κ2) is 11.6. The lowest BCUT2D eigenvalue weighted by Crippen LogP contribution is -2.37. The van der Waals surface area contributed by atoms with E-state index >= 15 is 0 Å². The first-order valence-electron chi connectivity index (χ1n) is 17.8. The van der Waals surface area contributed by atoms with Crippen LogP contribution in [0, 0.1) is 0 Å². The van der Waals surface area contributed by atoms with E-state index in [1.54, 1.807) is 0 Å². The Morgan fingerprint density at radius 2 is 0.942 bits per heavy atom. The molecule has 0 fully saturated rings. The first-order chi connectivity index (χ1) is 25.8. The summed E-state index contributed by atoms with van der Waals surface area (Å²) in [7, 11) is 0. The normalized spacial score (nSPS) is 15.6. The number of hydrogen-bond acceptors (Lipinski definition) is 2. The molecule has 2 aliphatic heterocycles. The van der Waals surface area contributed by atoms with Crippen LogP contribution in [-0.4, -0.2) is 4.57 Å². The van der Waals surface area contributed by atoms with Gasteiger partial charge < -0.3 is 4.57 Å². The summed E-state index contributed by atoms with van der Waals surface area (Å²) in [5.41, 5.74) is 13.5. The van der Waals surface area contributed by atoms with E-state index in [0.29, 0.717) is 0 Å². The van der Waals surface area contributed by atoms with Crippen molar-refractivity contribution in [2.45, 2.75) is 25.0 Å². The molecule has 0 saturated heterocycles. The second-order valence-corrected chi connectivity index (χ2v) is 15.8. The molecular weight excluding hydrogens is 667 g/mol. The molecule has 2 aliphatic rings. The van der Waals surface area contributed by atoms with Crippen LogP contribution >= 0.6 is 23.5 Å². The zero-order chi connectivity index (χ0) is 34.2. The molecule has 1 aromatic heterocycles. The van der Waals surface area contributed by atoms with Gasteiger partial charge in [0.25, 0.3) is 0 Å². The summed E-state index contributed by atoms with van der Waals surface area (Å²) in [4.78, 5) is 5.24. The van der Waals surface area contributed by atoms with E-state index in [2.05, 4.69) is 193 Å². The molecule has 1 unspecified atom stereocenters. The number of rotatable bonds is 3. The molecule has 3 heterocycles. The van der Waals surface area contributed by atoms with Crippen LogP contribution < -0.4 is 0 Å². The number of fused-ring (bicyclic) bond motifs is 11. The van der Waals surface area contributed by atoms with Crippen LogP contribution in [0.15, 0.2) is 208 Å². The third kappa shape index (κ3) is 4.27. The quantitative estimate of drug-likeness (QED) is 0.181. The maximum atomic E-state index is 2.45. The molecule has 52 heavy (non-hydrogen) atoms. The third-order valence-corrected chi connectivity index (χ3v) is 13.2. The largest absolute Gasteiger partial charge is 0.309 e. The molecule has 9 aromatic rings. The minimum absolute atomic E-state index is 0.483. The first kappa shape index (κ1) is 29.9. The van der Waals surface area contributed by atoms with Crippen molar-refractivity contribution < 1.29 is 0 Å². The molecule has 0 bridgehead atoms. The molecule has 0 aliphatic carbocycles. The van der Waals surface area contributed by atoms with Crippen LogP contribution in [0.1, 0.15) is 22.3 Å². The SMILES string of the molecule is c1ccc(-c2cccc3c2C2(c4ccccc4Sc4cc(-c5ccc6c7ccccc7n(-c7ccccc7)c6c5)ccc42)c2ccccc2S3)cc1. The Labute approximate surface area is 311 Å². The fourth-order valence-corrected chi connectivity index (χ4v) is 11.2. The second-order valence-electron chi connectivity index (χ2n) is 13.6. The van der Waals surface area contributed by atoms with Gasteiger partial charge in [0.1, 0.15) is 0 Å². The molecule has 244 valence electrons. The van der Waals surface area contributed by atoms with Gasteiger partial charge in [-0.25, -0.2) is 0 Å². The molecule has 0 saturated carbocycles. The Morgan fingerprint density at radius 3 is 1.73 bits per heavy atom. The van der Waals surface area contributed by atoms with Crippen molar-refractivity contribution in [3.05, 3.63) is 210 Å². The zero-order valence-corrected chi connectivity index (χ0v) is 29.8. The van der Waals surface area contributed by atoms with Crippen molar-refractivity contribution in [3.8, 4) is 27.9 Å². The predicted molar refractivity (Wildman–Crippen MR) is 218 cm³/mol. The number of para-hydroxylation sites is 2. The molecule has 8 aromatic carbocycles. The van der Waals surface area contributed by atoms with Gasteiger partial charge in [0.05, 0.1) is 16.4 Å². The monoisotopic (exact) mass is 697 g/mol. The summed E-state index contributed by atoms with van der Waals surface area (Å²) < 4.78 is 2.41. The third-order valence-electron chi connectivity index (χ3n) is 10.9. The van der Waals surface area contributed by atoms with E-state index in [0.717, 1.165) is 0 Å². The topological polar surface area (TPSA) is 4.93 Å². The van der Waals surface area contributed by atoms with Crippen LogP contribution in [0.25, 0.3) is 49.7 Å². The van der Waals surface area contributed by atoms with Gasteiger partial charge in [-0.3, -0.25) is 0 Å². The van der Waals surface area contributed by atoms with Crippen LogP contribution in [0.4, 0.5) is 0 Å². The standard InChI is InChI=1S/C49H31NS2/c1-3-14-32(15-4-1)36-19-13-25-46-48(36)49(39-20-8-11-23-44(39)51-46)40-21-9-12-24-45(40)52-47-31-34(27-29-41(47)49)33-26-28-38-37-18-7-10-22-42(37)50(43(38)30-33)35-16-5-2-6-17-35/h1-31H. The van der Waals surface area contributed by atoms with Gasteiger partial charge in [0, 0.05) is 36.0 Å². The summed E-state index contributed by atoms with van der Waals surface area (Å²) in [6.45, 7) is 0. The van der Waals surface area contributed by atoms with Gasteiger partial charge in [-0.15, -0.1) is 0 Å². The van der Waals surface area contributed by atoms with E-state index < -0.39 is 5.41 Å². The summed E-state index contributed by atoms with van der Waals surface area (Å²) in [6, 6.07) is 69.7. The summed E-state index contributed by atoms with van der Waals surface area (Å²) in [5.74, 6) is 0. The maximum absolute atomic E-state index is 2.45. The smallest absolute Gasteiger partial charge is 0.0751 e. The van der Waals surface area contributed by atoms with Gasteiger partial charge >= 0.3 is 0 Å². The van der Waals surface area contributed by atoms with Gasteiger partial charge in [-0.1, -0.05) is 163 Å². The molecule has 0 amide bonds. The lowest BCUT2D eigenvalue weighted by atomic mass is 9.62. The van der Waals surface area contributed by atoms with Crippen LogP contribution in [0.3, 0.4) is 0 Å². The van der Waals surface area contributed by atoms with Crippen molar-refractivity contribution in [1.29, 1.82) is 0 Å². The highest BCUT2D eigenvalue weighted by Crippen LogP contribution is 2.63. The number of nitrogens with zero attached hydrogens (tertiary/aromatic N) is 1. The minimum atomic E-state index is -0.483. The highest BCUT2D eigenvalue weighted by molar-refractivity contribution is 8.00. The first-order valence-corrected chi connectivity index (χ1v) is 19.4. The molecular formula is C49H31NS2. The van der Waals surface area contributed by atoms with Crippen molar-refractivity contribution in [2.75, 3.05) is 0 Å². The average Bonchev–Trinajstić information content (AvgIpc) is 3.54. The molecule has 0 N–H and O–H groups in total. The Kier molecular flexibility index (Phi) is 6.70. The molecule has 1 nitrogen and oxygen atoms in total. The Balaban J connectivity index is 1.18. The van der Waals surface area contributed by atoms with Crippen LogP contribution in [0.2, 0.25) is 0 Å². The Hall–Kier alpha value is -5.74. The van der Waals surface area contributed by atoms with Gasteiger partial charge in [0.2, 0.25) is 0 Å². The molecule has 11 rings (SSSR count). The average molecular weight is 698 g/mol. The van der Waals surface area contributed by atoms with E-state index in [9.17, 15) is 0 Å². The summed E-state index contributed by atoms with van der Waals surface area (Å²) in [6.07, 6.45) is 0. The predicted octanol–water partition coefficient (Wildman–Crippen LogP) is 13.4. The molecule has 0 radical (unpaired) electrons. The fraction of sp³-hybridized carbons (Fsp3) is 0.0204. The minimum Gasteiger partial charge on any atom is -0.309 e. The summed E-state index contributed by atoms with van der Waals surface area (Å²) >= 11 is 3.81. The van der Waals surface area contributed by atoms with Crippen LogP contribution in [-0.2, 0) is 5.41 Å². The van der Waals surface area contributed by atoms with Gasteiger partial charge in [-0.2, -0.15) is 0 Å². The highest BCUT2D eigenvalue weighted by atomic mass is 32.2. The summed E-state index contributed by atoms with van der Waals surface area (Å²) in [5, 5.41) is 2.54. The van der Waals surface area contributed by atoms with Crippen LogP contribution in [0.5, 0.6) is 0 Å². The number of aromatic nitrogens is 1. The van der Waals surface area contributed by atoms with Gasteiger partial charge in [0.15, 0.2) is 0 Å². The highest BCUT2D eigenvalue weighted by Gasteiger charge is 2.50. The lowest BCUT2D eigenvalue weighted by Gasteiger charge is -2.46.